The van der Waals surface area contributed by atoms with Crippen molar-refractivity contribution in [1.82, 2.24) is 14.3 Å². The van der Waals surface area contributed by atoms with Crippen LogP contribution in [0.2, 0.25) is 0 Å². The molecule has 1 atom stereocenters. The number of carbonyl (C=O) groups is 2. The number of guanidine groups is 1. The van der Waals surface area contributed by atoms with Crippen molar-refractivity contribution in [2.45, 2.75) is 44.6 Å². The molecular weight excluding hydrogens is 512 g/mol. The molecule has 13 heteroatoms. The highest BCUT2D eigenvalue weighted by molar-refractivity contribution is 7.90. The summed E-state index contributed by atoms with van der Waals surface area (Å²) in [6.07, 6.45) is -1.97. The van der Waals surface area contributed by atoms with Crippen LogP contribution in [0.25, 0.3) is 11.0 Å². The molecular formula is C25H32N6O6S. The van der Waals surface area contributed by atoms with E-state index in [4.69, 9.17) is 20.9 Å². The number of methoxy groups -OCH3 is 1. The number of sulfonamides is 1. The van der Waals surface area contributed by atoms with Crippen LogP contribution in [0.4, 0.5) is 4.79 Å². The second-order valence-corrected chi connectivity index (χ2v) is 10.4. The summed E-state index contributed by atoms with van der Waals surface area (Å²) in [6.45, 7) is 5.18. The minimum atomic E-state index is -4.02. The number of aromatic nitrogens is 2. The van der Waals surface area contributed by atoms with Crippen molar-refractivity contribution < 1.29 is 27.5 Å². The number of carbonyl (C=O) groups excluding carboxylic acids is 2. The molecule has 0 aliphatic heterocycles. The van der Waals surface area contributed by atoms with Crippen LogP contribution < -0.4 is 20.9 Å². The lowest BCUT2D eigenvalue weighted by atomic mass is 10.1. The van der Waals surface area contributed by atoms with E-state index >= 15 is 0 Å². The quantitative estimate of drug-likeness (QED) is 0.150. The minimum absolute atomic E-state index is 0.0579. The molecule has 1 aromatic heterocycles. The lowest BCUT2D eigenvalue weighted by molar-refractivity contribution is 0.0619. The number of imidazole rings is 1. The van der Waals surface area contributed by atoms with Crippen LogP contribution in [0.15, 0.2) is 40.2 Å². The predicted molar refractivity (Wildman–Crippen MR) is 143 cm³/mol. The molecule has 0 aliphatic rings. The molecule has 1 heterocycles. The number of hydrogen-bond donors (Lipinski definition) is 3. The fourth-order valence-corrected chi connectivity index (χ4v) is 5.72. The standard InChI is InChI=1S/C25H32N6O6S/c1-14-13-20(36-5)15(2)16(3)22(14)38(34,35)30-24(26)28-12-8-11-19(37-25(27)33)21(32)23-29-17-9-6-7-10-18(17)31(23)4/h6-7,9-10,13,19H,8,11-12H2,1-5H3,(H2,27,33)(H3,26,28,30)/t19-/m1/s1. The monoisotopic (exact) mass is 544 g/mol. The number of fused-ring (bicyclic) bond motifs is 1. The fraction of sp³-hybridized carbons (Fsp3) is 0.360. The van der Waals surface area contributed by atoms with Crippen LogP contribution in [-0.4, -0.2) is 55.6 Å². The van der Waals surface area contributed by atoms with Crippen LogP contribution in [0, 0.1) is 20.8 Å². The third kappa shape index (κ3) is 6.05. The largest absolute Gasteiger partial charge is 0.496 e. The SMILES string of the molecule is COc1cc(C)c(S(=O)(=O)NC(N)=NCCC[C@@H](OC(N)=O)C(=O)c2nc3ccccc3n2C)c(C)c1C. The Bertz CT molecular complexity index is 1510. The summed E-state index contributed by atoms with van der Waals surface area (Å²) in [4.78, 5) is 33.0. The van der Waals surface area contributed by atoms with E-state index in [1.165, 1.54) is 7.11 Å². The van der Waals surface area contributed by atoms with Gasteiger partial charge in [-0.15, -0.1) is 0 Å². The van der Waals surface area contributed by atoms with E-state index in [2.05, 4.69) is 14.7 Å². The number of ether oxygens (including phenoxy) is 2. The average molecular weight is 545 g/mol. The minimum Gasteiger partial charge on any atom is -0.496 e. The van der Waals surface area contributed by atoms with Crippen LogP contribution in [0.5, 0.6) is 5.75 Å². The van der Waals surface area contributed by atoms with E-state index in [9.17, 15) is 18.0 Å². The molecule has 0 bridgehead atoms. The molecule has 2 aromatic carbocycles. The maximum atomic E-state index is 13.1. The number of aryl methyl sites for hydroxylation is 2. The van der Waals surface area contributed by atoms with Crippen molar-refractivity contribution in [3.05, 3.63) is 52.8 Å². The van der Waals surface area contributed by atoms with Gasteiger partial charge in [0.25, 0.3) is 10.0 Å². The molecule has 0 radical (unpaired) electrons. The van der Waals surface area contributed by atoms with Crippen molar-refractivity contribution in [1.29, 1.82) is 0 Å². The number of para-hydroxylation sites is 2. The Morgan fingerprint density at radius 2 is 1.84 bits per heavy atom. The first-order valence-corrected chi connectivity index (χ1v) is 13.2. The van der Waals surface area contributed by atoms with E-state index in [1.54, 1.807) is 50.6 Å². The Kier molecular flexibility index (Phi) is 8.61. The zero-order valence-corrected chi connectivity index (χ0v) is 22.8. The third-order valence-corrected chi connectivity index (χ3v) is 7.81. The van der Waals surface area contributed by atoms with Gasteiger partial charge in [0.05, 0.1) is 23.0 Å². The van der Waals surface area contributed by atoms with Crippen molar-refractivity contribution >= 4 is 38.9 Å². The van der Waals surface area contributed by atoms with E-state index in [1.807, 2.05) is 12.1 Å². The molecule has 0 saturated carbocycles. The van der Waals surface area contributed by atoms with E-state index < -0.39 is 28.0 Å². The number of Topliss-reactive ketones (excluding diaryl/α,β-unsaturated/α-hetero) is 1. The average Bonchev–Trinajstić information content (AvgIpc) is 3.18. The maximum Gasteiger partial charge on any atom is 0.405 e. The number of hydrogen-bond acceptors (Lipinski definition) is 8. The zero-order valence-electron chi connectivity index (χ0n) is 21.9. The normalized spacial score (nSPS) is 12.8. The van der Waals surface area contributed by atoms with Gasteiger partial charge < -0.3 is 25.5 Å². The van der Waals surface area contributed by atoms with E-state index in [0.717, 1.165) is 5.52 Å². The van der Waals surface area contributed by atoms with Crippen molar-refractivity contribution in [3.8, 4) is 5.75 Å². The molecule has 0 aliphatic carbocycles. The van der Waals surface area contributed by atoms with Crippen LogP contribution >= 0.6 is 0 Å². The second-order valence-electron chi connectivity index (χ2n) is 8.76. The lowest BCUT2D eigenvalue weighted by Gasteiger charge is -2.17. The van der Waals surface area contributed by atoms with E-state index in [0.29, 0.717) is 28.0 Å². The predicted octanol–water partition coefficient (Wildman–Crippen LogP) is 2.23. The van der Waals surface area contributed by atoms with Gasteiger partial charge in [-0.1, -0.05) is 12.1 Å². The van der Waals surface area contributed by atoms with Crippen LogP contribution in [-0.2, 0) is 21.8 Å². The summed E-state index contributed by atoms with van der Waals surface area (Å²) >= 11 is 0. The molecule has 0 unspecified atom stereocenters. The van der Waals surface area contributed by atoms with Gasteiger partial charge in [0, 0.05) is 13.6 Å². The number of nitrogens with zero attached hydrogens (tertiary/aromatic N) is 3. The summed E-state index contributed by atoms with van der Waals surface area (Å²) in [6, 6.07) is 8.86. The highest BCUT2D eigenvalue weighted by Gasteiger charge is 2.28. The molecule has 0 fully saturated rings. The molecule has 204 valence electrons. The summed E-state index contributed by atoms with van der Waals surface area (Å²) < 4.78 is 40.3. The first kappa shape index (κ1) is 28.4. The van der Waals surface area contributed by atoms with Gasteiger partial charge in [-0.05, 0) is 68.5 Å². The van der Waals surface area contributed by atoms with Gasteiger partial charge in [-0.25, -0.2) is 22.9 Å². The molecule has 3 rings (SSSR count). The highest BCUT2D eigenvalue weighted by Crippen LogP contribution is 2.30. The summed E-state index contributed by atoms with van der Waals surface area (Å²) in [5, 5.41) is 0. The lowest BCUT2D eigenvalue weighted by Crippen LogP contribution is -2.37. The van der Waals surface area contributed by atoms with Crippen molar-refractivity contribution in [2.24, 2.45) is 23.5 Å². The Hall–Kier alpha value is -4.13. The molecule has 3 aromatic rings. The first-order valence-electron chi connectivity index (χ1n) is 11.8. The van der Waals surface area contributed by atoms with Gasteiger partial charge >= 0.3 is 6.09 Å². The number of primary amides is 1. The van der Waals surface area contributed by atoms with Gasteiger partial charge in [-0.2, -0.15) is 0 Å². The maximum absolute atomic E-state index is 13.1. The smallest absolute Gasteiger partial charge is 0.405 e. The third-order valence-electron chi connectivity index (χ3n) is 6.17. The number of amides is 1. The number of nitrogens with two attached hydrogens (primary N) is 2. The zero-order chi connectivity index (χ0) is 28.2. The number of benzene rings is 2. The summed E-state index contributed by atoms with van der Waals surface area (Å²) in [7, 11) is -0.811. The van der Waals surface area contributed by atoms with E-state index in [-0.39, 0.29) is 36.1 Å². The Labute approximate surface area is 221 Å². The van der Waals surface area contributed by atoms with Gasteiger partial charge in [0.2, 0.25) is 11.7 Å². The summed E-state index contributed by atoms with van der Waals surface area (Å²) in [5.74, 6) is -0.123. The molecule has 5 N–H and O–H groups in total. The summed E-state index contributed by atoms with van der Waals surface area (Å²) in [5.41, 5.74) is 14.1. The molecule has 1 amide bonds. The van der Waals surface area contributed by atoms with Crippen molar-refractivity contribution in [2.75, 3.05) is 13.7 Å². The second kappa shape index (κ2) is 11.5. The van der Waals surface area contributed by atoms with Crippen LogP contribution in [0.3, 0.4) is 0 Å². The topological polar surface area (TPSA) is 181 Å². The molecule has 0 saturated heterocycles. The van der Waals surface area contributed by atoms with Gasteiger partial charge in [0.1, 0.15) is 5.75 Å². The Balaban J connectivity index is 1.70. The first-order chi connectivity index (χ1) is 17.9. The Morgan fingerprint density at radius 1 is 1.16 bits per heavy atom. The fourth-order valence-electron chi connectivity index (χ4n) is 4.24. The Morgan fingerprint density at radius 3 is 2.47 bits per heavy atom. The highest BCUT2D eigenvalue weighted by atomic mass is 32.2. The number of aliphatic imine (C=N–C) groups is 1. The van der Waals surface area contributed by atoms with Crippen LogP contribution in [0.1, 0.15) is 40.2 Å². The molecule has 38 heavy (non-hydrogen) atoms. The molecule has 0 spiro atoms. The number of ketones is 1. The number of nitrogens with one attached hydrogen (secondary N) is 1. The molecule has 12 nitrogen and oxygen atoms in total. The number of rotatable bonds is 10. The van der Waals surface area contributed by atoms with Crippen molar-refractivity contribution in [3.63, 3.8) is 0 Å². The van der Waals surface area contributed by atoms with Gasteiger partial charge in [0.15, 0.2) is 11.9 Å². The van der Waals surface area contributed by atoms with Gasteiger partial charge in [-0.3, -0.25) is 9.79 Å².